The second-order valence-corrected chi connectivity index (χ2v) is 5.32. The van der Waals surface area contributed by atoms with Crippen molar-refractivity contribution in [3.05, 3.63) is 65.0 Å². The van der Waals surface area contributed by atoms with Gasteiger partial charge in [0, 0.05) is 23.0 Å². The maximum atomic E-state index is 12.4. The molecule has 2 heteroatoms. The Labute approximate surface area is 114 Å². The Balaban J connectivity index is 2.26. The summed E-state index contributed by atoms with van der Waals surface area (Å²) < 4.78 is 0. The number of pyridine rings is 1. The zero-order valence-electron chi connectivity index (χ0n) is 11.7. The molecule has 0 saturated heterocycles. The van der Waals surface area contributed by atoms with Crippen molar-refractivity contribution in [3.8, 4) is 0 Å². The highest BCUT2D eigenvalue weighted by Gasteiger charge is 2.10. The van der Waals surface area contributed by atoms with E-state index >= 15 is 0 Å². The predicted molar refractivity (Wildman–Crippen MR) is 77.4 cm³/mol. The normalized spacial score (nSPS) is 10.7. The van der Waals surface area contributed by atoms with E-state index < -0.39 is 0 Å². The van der Waals surface area contributed by atoms with Gasteiger partial charge in [-0.25, -0.2) is 0 Å². The molecule has 0 aliphatic carbocycles. The first-order valence-corrected chi connectivity index (χ1v) is 6.62. The highest BCUT2D eigenvalue weighted by molar-refractivity contribution is 6.08. The lowest BCUT2D eigenvalue weighted by atomic mass is 9.98. The molecule has 1 aromatic heterocycles. The Kier molecular flexibility index (Phi) is 4.10. The Morgan fingerprint density at radius 2 is 1.95 bits per heavy atom. The van der Waals surface area contributed by atoms with Crippen molar-refractivity contribution in [1.29, 1.82) is 0 Å². The lowest BCUT2D eigenvalue weighted by Crippen LogP contribution is -2.03. The Morgan fingerprint density at radius 3 is 2.58 bits per heavy atom. The van der Waals surface area contributed by atoms with Crippen LogP contribution in [0.3, 0.4) is 0 Å². The summed E-state index contributed by atoms with van der Waals surface area (Å²) in [6.07, 6.45) is 2.64. The minimum atomic E-state index is 0.0399. The maximum Gasteiger partial charge on any atom is 0.194 e. The topological polar surface area (TPSA) is 30.0 Å². The largest absolute Gasteiger partial charge is 0.289 e. The van der Waals surface area contributed by atoms with E-state index in [1.165, 1.54) is 5.56 Å². The minimum absolute atomic E-state index is 0.0399. The number of ketones is 1. The van der Waals surface area contributed by atoms with Crippen molar-refractivity contribution in [1.82, 2.24) is 4.98 Å². The van der Waals surface area contributed by atoms with Crippen LogP contribution in [0.4, 0.5) is 0 Å². The van der Waals surface area contributed by atoms with E-state index in [1.807, 2.05) is 37.3 Å². The smallest absolute Gasteiger partial charge is 0.194 e. The van der Waals surface area contributed by atoms with Gasteiger partial charge in [-0.15, -0.1) is 0 Å². The van der Waals surface area contributed by atoms with Crippen molar-refractivity contribution < 1.29 is 4.79 Å². The van der Waals surface area contributed by atoms with E-state index in [0.717, 1.165) is 17.7 Å². The number of benzene rings is 1. The van der Waals surface area contributed by atoms with E-state index in [4.69, 9.17) is 0 Å². The molecule has 0 N–H and O–H groups in total. The van der Waals surface area contributed by atoms with Crippen molar-refractivity contribution >= 4 is 5.78 Å². The summed E-state index contributed by atoms with van der Waals surface area (Å²) >= 11 is 0. The van der Waals surface area contributed by atoms with Crippen LogP contribution >= 0.6 is 0 Å². The third-order valence-electron chi connectivity index (χ3n) is 3.01. The van der Waals surface area contributed by atoms with Gasteiger partial charge in [-0.05, 0) is 43.0 Å². The van der Waals surface area contributed by atoms with E-state index in [2.05, 4.69) is 24.9 Å². The molecule has 1 aromatic carbocycles. The number of rotatable bonds is 4. The van der Waals surface area contributed by atoms with Gasteiger partial charge in [0.1, 0.15) is 0 Å². The molecule has 0 radical (unpaired) electrons. The van der Waals surface area contributed by atoms with Crippen LogP contribution in [0, 0.1) is 12.8 Å². The number of hydrogen-bond donors (Lipinski definition) is 0. The van der Waals surface area contributed by atoms with E-state index in [0.29, 0.717) is 11.5 Å². The third kappa shape index (κ3) is 3.50. The Hall–Kier alpha value is -1.96. The molecule has 2 rings (SSSR count). The van der Waals surface area contributed by atoms with Gasteiger partial charge in [-0.1, -0.05) is 32.0 Å². The van der Waals surface area contributed by atoms with Crippen LogP contribution in [0.25, 0.3) is 0 Å². The molecule has 0 unspecified atom stereocenters. The van der Waals surface area contributed by atoms with Gasteiger partial charge < -0.3 is 0 Å². The van der Waals surface area contributed by atoms with Gasteiger partial charge in [0.05, 0.1) is 0 Å². The summed E-state index contributed by atoms with van der Waals surface area (Å²) in [7, 11) is 0. The molecule has 0 aliphatic rings. The van der Waals surface area contributed by atoms with Crippen LogP contribution in [0.2, 0.25) is 0 Å². The molecule has 19 heavy (non-hydrogen) atoms. The molecule has 0 amide bonds. The number of hydrogen-bond acceptors (Lipinski definition) is 2. The Bertz CT molecular complexity index is 570. The second-order valence-electron chi connectivity index (χ2n) is 5.32. The van der Waals surface area contributed by atoms with Gasteiger partial charge in [0.15, 0.2) is 5.78 Å². The van der Waals surface area contributed by atoms with Crippen LogP contribution in [0.1, 0.15) is 41.0 Å². The summed E-state index contributed by atoms with van der Waals surface area (Å²) in [6, 6.07) is 11.6. The molecule has 2 nitrogen and oxygen atoms in total. The molecule has 0 atom stereocenters. The average Bonchev–Trinajstić information content (AvgIpc) is 2.38. The van der Waals surface area contributed by atoms with Crippen molar-refractivity contribution in [2.45, 2.75) is 27.2 Å². The van der Waals surface area contributed by atoms with E-state index in [1.54, 1.807) is 6.20 Å². The fourth-order valence-electron chi connectivity index (χ4n) is 2.08. The molecule has 2 aromatic rings. The van der Waals surface area contributed by atoms with Gasteiger partial charge in [0.25, 0.3) is 0 Å². The van der Waals surface area contributed by atoms with Crippen molar-refractivity contribution in [2.75, 3.05) is 0 Å². The molecule has 0 bridgehead atoms. The van der Waals surface area contributed by atoms with E-state index in [9.17, 15) is 4.79 Å². The van der Waals surface area contributed by atoms with E-state index in [-0.39, 0.29) is 5.78 Å². The predicted octanol–water partition coefficient (Wildman–Crippen LogP) is 3.82. The Morgan fingerprint density at radius 1 is 1.16 bits per heavy atom. The number of carbonyl (C=O) groups excluding carboxylic acids is 1. The van der Waals surface area contributed by atoms with Gasteiger partial charge in [-0.3, -0.25) is 9.78 Å². The fraction of sp³-hybridized carbons (Fsp3) is 0.294. The first-order valence-electron chi connectivity index (χ1n) is 6.62. The highest BCUT2D eigenvalue weighted by Crippen LogP contribution is 2.14. The number of nitrogens with zero attached hydrogens (tertiary/aromatic N) is 1. The van der Waals surface area contributed by atoms with Crippen molar-refractivity contribution in [3.63, 3.8) is 0 Å². The standard InChI is InChI=1S/C17H19NO/c1-12(2)9-14-5-4-6-15(10-14)17(19)16-8-7-13(3)18-11-16/h4-8,10-12H,9H2,1-3H3. The first kappa shape index (κ1) is 13.5. The molecule has 1 heterocycles. The molecular weight excluding hydrogens is 234 g/mol. The second kappa shape index (κ2) is 5.79. The number of aryl methyl sites for hydroxylation is 1. The van der Waals surface area contributed by atoms with Gasteiger partial charge in [-0.2, -0.15) is 0 Å². The lowest BCUT2D eigenvalue weighted by molar-refractivity contribution is 0.103. The third-order valence-corrected chi connectivity index (χ3v) is 3.01. The molecule has 0 aliphatic heterocycles. The molecule has 0 fully saturated rings. The number of aromatic nitrogens is 1. The van der Waals surface area contributed by atoms with Crippen LogP contribution in [-0.2, 0) is 6.42 Å². The zero-order valence-corrected chi connectivity index (χ0v) is 11.7. The van der Waals surface area contributed by atoms with Gasteiger partial charge in [0.2, 0.25) is 0 Å². The molecular formula is C17H19NO. The van der Waals surface area contributed by atoms with Crippen LogP contribution in [0.15, 0.2) is 42.6 Å². The lowest BCUT2D eigenvalue weighted by Gasteiger charge is -2.07. The highest BCUT2D eigenvalue weighted by atomic mass is 16.1. The van der Waals surface area contributed by atoms with Crippen molar-refractivity contribution in [2.24, 2.45) is 5.92 Å². The van der Waals surface area contributed by atoms with Crippen LogP contribution in [0.5, 0.6) is 0 Å². The quantitative estimate of drug-likeness (QED) is 0.775. The summed E-state index contributed by atoms with van der Waals surface area (Å²) in [6.45, 7) is 6.27. The molecule has 98 valence electrons. The zero-order chi connectivity index (χ0) is 13.8. The summed E-state index contributed by atoms with van der Waals surface area (Å²) in [5.74, 6) is 0.629. The maximum absolute atomic E-state index is 12.4. The monoisotopic (exact) mass is 253 g/mol. The number of carbonyl (C=O) groups is 1. The fourth-order valence-corrected chi connectivity index (χ4v) is 2.08. The summed E-state index contributed by atoms with van der Waals surface area (Å²) in [4.78, 5) is 16.5. The minimum Gasteiger partial charge on any atom is -0.289 e. The molecule has 0 spiro atoms. The average molecular weight is 253 g/mol. The summed E-state index contributed by atoms with van der Waals surface area (Å²) in [5, 5.41) is 0. The summed E-state index contributed by atoms with van der Waals surface area (Å²) in [5.41, 5.74) is 3.52. The van der Waals surface area contributed by atoms with Crippen LogP contribution < -0.4 is 0 Å². The SMILES string of the molecule is Cc1ccc(C(=O)c2cccc(CC(C)C)c2)cn1. The van der Waals surface area contributed by atoms with Crippen LogP contribution in [-0.4, -0.2) is 10.8 Å². The molecule has 0 saturated carbocycles. The van der Waals surface area contributed by atoms with Gasteiger partial charge >= 0.3 is 0 Å². The first-order chi connectivity index (χ1) is 9.06.